The van der Waals surface area contributed by atoms with Crippen molar-refractivity contribution in [3.63, 3.8) is 0 Å². The summed E-state index contributed by atoms with van der Waals surface area (Å²) in [5, 5.41) is 2.14. The molecule has 0 unspecified atom stereocenters. The summed E-state index contributed by atoms with van der Waals surface area (Å²) in [5.74, 6) is 0. The molecule has 0 aromatic heterocycles. The molecule has 0 saturated heterocycles. The molecule has 0 aliphatic rings. The minimum absolute atomic E-state index is 0. The second-order valence-corrected chi connectivity index (χ2v) is 0.497. The molecule has 0 saturated carbocycles. The minimum atomic E-state index is 0. The van der Waals surface area contributed by atoms with Crippen molar-refractivity contribution in [2.45, 2.75) is 35.1 Å². The molecule has 0 bridgehead atoms. The molecule has 0 N–H and O–H groups in total. The summed E-state index contributed by atoms with van der Waals surface area (Å²) in [6.07, 6.45) is 0. The Morgan fingerprint density at radius 2 is 1.20 bits per heavy atom. The van der Waals surface area contributed by atoms with Crippen LogP contribution in [-0.4, -0.2) is 12.2 Å². The summed E-state index contributed by atoms with van der Waals surface area (Å²) in [7, 11) is 1.59. The van der Waals surface area contributed by atoms with Crippen molar-refractivity contribution in [3.05, 3.63) is 0 Å². The van der Waals surface area contributed by atoms with Gasteiger partial charge in [-0.25, -0.2) is 4.99 Å². The number of hydrogen-bond acceptors (Lipinski definition) is 2. The maximum absolute atomic E-state index is 4.14. The Hall–Kier alpha value is 1.06. The Kier molecular flexibility index (Phi) is 269. The molecule has 0 aliphatic heterocycles. The van der Waals surface area contributed by atoms with Crippen LogP contribution in [-0.2, 0) is 0 Å². The van der Waals surface area contributed by atoms with Crippen molar-refractivity contribution in [2.75, 3.05) is 7.05 Å². The number of aliphatic imine (C=N–C) groups is 1. The SMILES string of the molecule is C.CC.CC.CN=C=S.[Ar]. The largest absolute Gasteiger partial charge is 0.236 e. The zero-order chi connectivity index (χ0) is 7.41. The van der Waals surface area contributed by atoms with Gasteiger partial charge in [0.2, 0.25) is 0 Å². The van der Waals surface area contributed by atoms with E-state index in [0.717, 1.165) is 0 Å². The van der Waals surface area contributed by atoms with E-state index in [1.54, 1.807) is 7.05 Å². The number of nitrogens with zero attached hydrogens (tertiary/aromatic N) is 1. The molecule has 0 heterocycles. The first-order chi connectivity index (χ1) is 3.91. The van der Waals surface area contributed by atoms with Gasteiger partial charge >= 0.3 is 0 Å². The van der Waals surface area contributed by atoms with Crippen LogP contribution < -0.4 is 0 Å². The van der Waals surface area contributed by atoms with Crippen LogP contribution in [0.5, 0.6) is 0 Å². The molecule has 0 aromatic rings. The molecule has 0 aliphatic carbocycles. The van der Waals surface area contributed by atoms with E-state index >= 15 is 0 Å². The van der Waals surface area contributed by atoms with Gasteiger partial charge in [-0.1, -0.05) is 35.1 Å². The standard InChI is InChI=1S/C2H3NS.2C2H6.CH4.Ar/c1-3-2-4;2*1-2;;/h1H3;2*1-2H3;1H4;. The van der Waals surface area contributed by atoms with Crippen LogP contribution in [0.3, 0.4) is 0 Å². The first kappa shape index (κ1) is 30.5. The zero-order valence-electron chi connectivity index (χ0n) is 6.71. The molecule has 10 heavy (non-hydrogen) atoms. The van der Waals surface area contributed by atoms with Crippen LogP contribution in [0.15, 0.2) is 4.99 Å². The number of hydrogen-bond donors (Lipinski definition) is 0. The molecule has 0 radical (unpaired) electrons. The average molecular weight is 189 g/mol. The Balaban J connectivity index is -0.0000000125. The molecule has 0 atom stereocenters. The summed E-state index contributed by atoms with van der Waals surface area (Å²) in [4.78, 5) is 3.30. The molecule has 0 fully saturated rings. The van der Waals surface area contributed by atoms with Crippen molar-refractivity contribution >= 4 is 17.4 Å². The van der Waals surface area contributed by atoms with Crippen molar-refractivity contribution < 1.29 is 37.7 Å². The van der Waals surface area contributed by atoms with Crippen LogP contribution in [0, 0.1) is 37.7 Å². The van der Waals surface area contributed by atoms with E-state index in [4.69, 9.17) is 0 Å². The van der Waals surface area contributed by atoms with Crippen molar-refractivity contribution in [1.82, 2.24) is 0 Å². The van der Waals surface area contributed by atoms with Gasteiger partial charge in [-0.2, -0.15) is 0 Å². The molecule has 1 nitrogen and oxygen atoms in total. The van der Waals surface area contributed by atoms with Gasteiger partial charge in [0.25, 0.3) is 0 Å². The van der Waals surface area contributed by atoms with E-state index in [-0.39, 0.29) is 45.2 Å². The van der Waals surface area contributed by atoms with E-state index < -0.39 is 0 Å². The second kappa shape index (κ2) is 88.2. The fourth-order valence-corrected chi connectivity index (χ4v) is 0. The summed E-state index contributed by atoms with van der Waals surface area (Å²) >= 11 is 4.14. The molecular weight excluding hydrogens is 170 g/mol. The maximum Gasteiger partial charge on any atom is 0.0582 e. The summed E-state index contributed by atoms with van der Waals surface area (Å²) in [5.41, 5.74) is 0. The van der Waals surface area contributed by atoms with Gasteiger partial charge in [-0.15, -0.1) is 0 Å². The molecule has 66 valence electrons. The number of thiocarbonyl (C=S) groups is 1. The van der Waals surface area contributed by atoms with Gasteiger partial charge in [0.1, 0.15) is 0 Å². The van der Waals surface area contributed by atoms with Gasteiger partial charge in [-0.05, 0) is 12.2 Å². The second-order valence-electron chi connectivity index (χ2n) is 0.315. The van der Waals surface area contributed by atoms with Gasteiger partial charge < -0.3 is 0 Å². The van der Waals surface area contributed by atoms with E-state index in [2.05, 4.69) is 22.4 Å². The van der Waals surface area contributed by atoms with E-state index in [9.17, 15) is 0 Å². The van der Waals surface area contributed by atoms with Crippen LogP contribution in [0.1, 0.15) is 35.1 Å². The topological polar surface area (TPSA) is 12.4 Å². The Morgan fingerprint density at radius 1 is 1.10 bits per heavy atom. The van der Waals surface area contributed by atoms with Crippen LogP contribution in [0.2, 0.25) is 0 Å². The van der Waals surface area contributed by atoms with Gasteiger partial charge in [-0.3, -0.25) is 0 Å². The van der Waals surface area contributed by atoms with Gasteiger partial charge in [0, 0.05) is 44.8 Å². The van der Waals surface area contributed by atoms with Crippen molar-refractivity contribution in [3.8, 4) is 0 Å². The summed E-state index contributed by atoms with van der Waals surface area (Å²) < 4.78 is 0. The monoisotopic (exact) mass is 189 g/mol. The van der Waals surface area contributed by atoms with Gasteiger partial charge in [0.15, 0.2) is 0 Å². The Labute approximate surface area is 101 Å². The van der Waals surface area contributed by atoms with Crippen LogP contribution in [0.4, 0.5) is 0 Å². The van der Waals surface area contributed by atoms with Crippen molar-refractivity contribution in [1.29, 1.82) is 0 Å². The molecule has 3 heteroatoms. The molecule has 0 rings (SSSR count). The van der Waals surface area contributed by atoms with Crippen LogP contribution in [0.25, 0.3) is 0 Å². The molecular formula is C7H19ArNS. The number of isothiocyanates is 1. The fourth-order valence-electron chi connectivity index (χ4n) is 0. The quantitative estimate of drug-likeness (QED) is 0.420. The third-order valence-corrected chi connectivity index (χ3v) is 0.274. The first-order valence-corrected chi connectivity index (χ1v) is 3.28. The maximum atomic E-state index is 4.14. The van der Waals surface area contributed by atoms with E-state index in [1.165, 1.54) is 0 Å². The fraction of sp³-hybridized carbons (Fsp3) is 0.857. The van der Waals surface area contributed by atoms with E-state index in [1.807, 2.05) is 27.7 Å². The van der Waals surface area contributed by atoms with Crippen LogP contribution >= 0.6 is 12.2 Å². The predicted molar refractivity (Wildman–Crippen MR) is 50.4 cm³/mol. The smallest absolute Gasteiger partial charge is 0.0582 e. The number of rotatable bonds is 0. The zero-order valence-corrected chi connectivity index (χ0v) is 8.23. The molecule has 0 aromatic carbocycles. The third kappa shape index (κ3) is 139. The minimum Gasteiger partial charge on any atom is -0.236 e. The average Bonchev–Trinajstić information content (AvgIpc) is 1.96. The normalized spacial score (nSPS) is 2.90. The predicted octanol–water partition coefficient (Wildman–Crippen LogP) is 3.41. The van der Waals surface area contributed by atoms with E-state index in [0.29, 0.717) is 0 Å². The third-order valence-electron chi connectivity index (χ3n) is 0.0913. The Bertz CT molecular complexity index is 51.6. The summed E-state index contributed by atoms with van der Waals surface area (Å²) in [6.45, 7) is 8.00. The molecule has 0 amide bonds. The molecule has 0 spiro atoms. The van der Waals surface area contributed by atoms with Gasteiger partial charge in [0.05, 0.1) is 5.16 Å². The summed E-state index contributed by atoms with van der Waals surface area (Å²) in [6, 6.07) is 0. The Morgan fingerprint density at radius 3 is 1.20 bits per heavy atom. The van der Waals surface area contributed by atoms with Crippen molar-refractivity contribution in [2.24, 2.45) is 4.99 Å². The first-order valence-electron chi connectivity index (χ1n) is 2.87.